The van der Waals surface area contributed by atoms with Crippen molar-refractivity contribution in [3.05, 3.63) is 72.1 Å². The van der Waals surface area contributed by atoms with E-state index in [-0.39, 0.29) is 11.3 Å². The van der Waals surface area contributed by atoms with Crippen molar-refractivity contribution in [3.8, 4) is 11.3 Å². The van der Waals surface area contributed by atoms with Gasteiger partial charge in [0.05, 0.1) is 5.69 Å². The van der Waals surface area contributed by atoms with Crippen molar-refractivity contribution < 1.29 is 4.79 Å². The second-order valence-corrected chi connectivity index (χ2v) is 8.63. The summed E-state index contributed by atoms with van der Waals surface area (Å²) in [6.45, 7) is 9.36. The molecule has 1 aliphatic heterocycles. The molecule has 1 saturated heterocycles. The molecule has 1 aromatic carbocycles. The van der Waals surface area contributed by atoms with E-state index in [4.69, 9.17) is 0 Å². The minimum Gasteiger partial charge on any atom is -0.352 e. The first-order valence-corrected chi connectivity index (χ1v) is 10.3. The number of hydrogen-bond donors (Lipinski definition) is 0. The lowest BCUT2D eigenvalue weighted by Gasteiger charge is -2.35. The number of nitrogens with zero attached hydrogens (tertiary/aromatic N) is 5. The Morgan fingerprint density at radius 3 is 2.20 bits per heavy atom. The van der Waals surface area contributed by atoms with E-state index in [2.05, 4.69) is 53.0 Å². The normalized spacial score (nSPS) is 14.6. The Morgan fingerprint density at radius 2 is 1.63 bits per heavy atom. The predicted octanol–water partition coefficient (Wildman–Crippen LogP) is 3.80. The van der Waals surface area contributed by atoms with Crippen LogP contribution in [0, 0.1) is 0 Å². The molecule has 1 aliphatic rings. The van der Waals surface area contributed by atoms with Crippen molar-refractivity contribution in [1.82, 2.24) is 20.1 Å². The van der Waals surface area contributed by atoms with Crippen molar-refractivity contribution in [2.45, 2.75) is 26.2 Å². The lowest BCUT2D eigenvalue weighted by atomic mass is 9.86. The molecule has 1 fully saturated rings. The molecule has 0 unspecified atom stereocenters. The van der Waals surface area contributed by atoms with E-state index < -0.39 is 0 Å². The van der Waals surface area contributed by atoms with Gasteiger partial charge in [0.25, 0.3) is 5.91 Å². The van der Waals surface area contributed by atoms with Crippen LogP contribution in [0.2, 0.25) is 0 Å². The van der Waals surface area contributed by atoms with Gasteiger partial charge in [0.15, 0.2) is 5.82 Å². The van der Waals surface area contributed by atoms with Crippen molar-refractivity contribution >= 4 is 11.7 Å². The summed E-state index contributed by atoms with van der Waals surface area (Å²) in [5, 5.41) is 8.73. The predicted molar refractivity (Wildman–Crippen MR) is 119 cm³/mol. The SMILES string of the molecule is CC(C)(C)c1ccc(C(=O)N2CCN(c3ccc(-c4cccnc4)nn3)CC2)cc1. The summed E-state index contributed by atoms with van der Waals surface area (Å²) < 4.78 is 0. The van der Waals surface area contributed by atoms with Crippen molar-refractivity contribution in [1.29, 1.82) is 0 Å². The standard InChI is InChI=1S/C24H27N5O/c1-24(2,3)20-8-6-18(7-9-20)23(30)29-15-13-28(14-16-29)22-11-10-21(26-27-22)19-5-4-12-25-17-19/h4-12,17H,13-16H2,1-3H3. The van der Waals surface area contributed by atoms with Gasteiger partial charge < -0.3 is 9.80 Å². The van der Waals surface area contributed by atoms with Crippen LogP contribution in [0.5, 0.6) is 0 Å². The molecule has 1 amide bonds. The molecule has 3 heterocycles. The first-order valence-electron chi connectivity index (χ1n) is 10.3. The molecule has 6 heteroatoms. The zero-order valence-corrected chi connectivity index (χ0v) is 17.7. The maximum absolute atomic E-state index is 12.9. The largest absolute Gasteiger partial charge is 0.352 e. The fraction of sp³-hybridized carbons (Fsp3) is 0.333. The van der Waals surface area contributed by atoms with E-state index in [9.17, 15) is 4.79 Å². The highest BCUT2D eigenvalue weighted by Gasteiger charge is 2.23. The highest BCUT2D eigenvalue weighted by molar-refractivity contribution is 5.94. The van der Waals surface area contributed by atoms with Crippen LogP contribution in [-0.4, -0.2) is 52.2 Å². The van der Waals surface area contributed by atoms with E-state index in [1.165, 1.54) is 5.56 Å². The van der Waals surface area contributed by atoms with Gasteiger partial charge in [0.2, 0.25) is 0 Å². The molecule has 30 heavy (non-hydrogen) atoms. The van der Waals surface area contributed by atoms with Gasteiger partial charge in [0.1, 0.15) is 0 Å². The van der Waals surface area contributed by atoms with Crippen molar-refractivity contribution in [2.75, 3.05) is 31.1 Å². The molecule has 0 bridgehead atoms. The summed E-state index contributed by atoms with van der Waals surface area (Å²) in [5.41, 5.74) is 3.82. The van der Waals surface area contributed by atoms with Crippen LogP contribution in [0.15, 0.2) is 60.9 Å². The third kappa shape index (κ3) is 4.32. The van der Waals surface area contributed by atoms with Gasteiger partial charge in [0, 0.05) is 49.7 Å². The Hall–Kier alpha value is -3.28. The molecule has 0 N–H and O–H groups in total. The van der Waals surface area contributed by atoms with E-state index in [1.807, 2.05) is 41.3 Å². The molecule has 0 atom stereocenters. The summed E-state index contributed by atoms with van der Waals surface area (Å²) in [7, 11) is 0. The number of amides is 1. The van der Waals surface area contributed by atoms with Gasteiger partial charge in [-0.15, -0.1) is 10.2 Å². The molecule has 0 saturated carbocycles. The van der Waals surface area contributed by atoms with Gasteiger partial charge in [-0.3, -0.25) is 9.78 Å². The van der Waals surface area contributed by atoms with Gasteiger partial charge in [-0.2, -0.15) is 0 Å². The minimum atomic E-state index is 0.0841. The topological polar surface area (TPSA) is 62.2 Å². The van der Waals surface area contributed by atoms with Crippen LogP contribution in [0.3, 0.4) is 0 Å². The maximum Gasteiger partial charge on any atom is 0.253 e. The van der Waals surface area contributed by atoms with Crippen LogP contribution in [0.4, 0.5) is 5.82 Å². The van der Waals surface area contributed by atoms with E-state index in [0.29, 0.717) is 13.1 Å². The Balaban J connectivity index is 1.37. The first kappa shape index (κ1) is 20.0. The summed E-state index contributed by atoms with van der Waals surface area (Å²) in [6.07, 6.45) is 3.52. The number of carbonyl (C=O) groups excluding carboxylic acids is 1. The van der Waals surface area contributed by atoms with Crippen LogP contribution < -0.4 is 4.90 Å². The van der Waals surface area contributed by atoms with Crippen molar-refractivity contribution in [2.24, 2.45) is 0 Å². The lowest BCUT2D eigenvalue weighted by molar-refractivity contribution is 0.0746. The number of anilines is 1. The summed E-state index contributed by atoms with van der Waals surface area (Å²) >= 11 is 0. The average molecular weight is 402 g/mol. The van der Waals surface area contributed by atoms with E-state index in [0.717, 1.165) is 35.7 Å². The zero-order chi connectivity index (χ0) is 21.1. The molecule has 3 aromatic rings. The molecular weight excluding hydrogens is 374 g/mol. The second kappa shape index (κ2) is 8.22. The first-order chi connectivity index (χ1) is 14.4. The summed E-state index contributed by atoms with van der Waals surface area (Å²) in [6, 6.07) is 15.8. The molecule has 0 spiro atoms. The zero-order valence-electron chi connectivity index (χ0n) is 17.7. The second-order valence-electron chi connectivity index (χ2n) is 8.63. The highest BCUT2D eigenvalue weighted by atomic mass is 16.2. The van der Waals surface area contributed by atoms with E-state index in [1.54, 1.807) is 12.4 Å². The molecule has 0 radical (unpaired) electrons. The molecule has 0 aliphatic carbocycles. The summed E-state index contributed by atoms with van der Waals surface area (Å²) in [4.78, 5) is 21.1. The molecule has 154 valence electrons. The summed E-state index contributed by atoms with van der Waals surface area (Å²) in [5.74, 6) is 0.928. The number of benzene rings is 1. The number of carbonyl (C=O) groups is 1. The fourth-order valence-corrected chi connectivity index (χ4v) is 3.60. The van der Waals surface area contributed by atoms with Crippen LogP contribution in [0.25, 0.3) is 11.3 Å². The lowest BCUT2D eigenvalue weighted by Crippen LogP contribution is -2.49. The van der Waals surface area contributed by atoms with Crippen molar-refractivity contribution in [3.63, 3.8) is 0 Å². The van der Waals surface area contributed by atoms with Crippen LogP contribution in [-0.2, 0) is 5.41 Å². The third-order valence-electron chi connectivity index (χ3n) is 5.50. The Labute approximate surface area is 177 Å². The van der Waals surface area contributed by atoms with Crippen LogP contribution in [0.1, 0.15) is 36.7 Å². The Bertz CT molecular complexity index is 987. The minimum absolute atomic E-state index is 0.0841. The fourth-order valence-electron chi connectivity index (χ4n) is 3.60. The quantitative estimate of drug-likeness (QED) is 0.668. The number of piperazine rings is 1. The van der Waals surface area contributed by atoms with Gasteiger partial charge in [-0.25, -0.2) is 0 Å². The van der Waals surface area contributed by atoms with E-state index >= 15 is 0 Å². The van der Waals surface area contributed by atoms with Crippen LogP contribution >= 0.6 is 0 Å². The van der Waals surface area contributed by atoms with Gasteiger partial charge in [-0.1, -0.05) is 32.9 Å². The highest BCUT2D eigenvalue weighted by Crippen LogP contribution is 2.23. The monoisotopic (exact) mass is 401 g/mol. The smallest absolute Gasteiger partial charge is 0.253 e. The van der Waals surface area contributed by atoms with Gasteiger partial charge in [-0.05, 0) is 47.4 Å². The molecule has 2 aromatic heterocycles. The third-order valence-corrected chi connectivity index (χ3v) is 5.50. The number of pyridine rings is 1. The molecular formula is C24H27N5O. The maximum atomic E-state index is 12.9. The molecule has 4 rings (SSSR count). The Morgan fingerprint density at radius 1 is 0.900 bits per heavy atom. The number of hydrogen-bond acceptors (Lipinski definition) is 5. The van der Waals surface area contributed by atoms with Gasteiger partial charge >= 0.3 is 0 Å². The average Bonchev–Trinajstić information content (AvgIpc) is 2.79. The molecule has 6 nitrogen and oxygen atoms in total. The number of rotatable bonds is 3. The number of aromatic nitrogens is 3. The Kier molecular flexibility index (Phi) is 5.48.